The summed E-state index contributed by atoms with van der Waals surface area (Å²) in [5, 5.41) is 11.9. The fourth-order valence-corrected chi connectivity index (χ4v) is 3.00. The summed E-state index contributed by atoms with van der Waals surface area (Å²) in [7, 11) is 3.16. The van der Waals surface area contributed by atoms with E-state index in [1.807, 2.05) is 60.7 Å². The van der Waals surface area contributed by atoms with Crippen molar-refractivity contribution in [1.82, 2.24) is 0 Å². The molecule has 0 unspecified atom stereocenters. The third-order valence-electron chi connectivity index (χ3n) is 4.29. The number of benzene rings is 3. The highest BCUT2D eigenvalue weighted by molar-refractivity contribution is 5.54. The van der Waals surface area contributed by atoms with Crippen LogP contribution >= 0.6 is 0 Å². The minimum Gasteiger partial charge on any atom is -0.497 e. The van der Waals surface area contributed by atoms with Crippen molar-refractivity contribution < 1.29 is 19.3 Å². The molecule has 3 rings (SSSR count). The van der Waals surface area contributed by atoms with E-state index < -0.39 is 5.60 Å². The van der Waals surface area contributed by atoms with E-state index in [1.54, 1.807) is 32.4 Å². The zero-order valence-corrected chi connectivity index (χ0v) is 14.9. The second kappa shape index (κ2) is 8.04. The number of hydrogen-bond acceptors (Lipinski definition) is 4. The van der Waals surface area contributed by atoms with Crippen molar-refractivity contribution in [3.63, 3.8) is 0 Å². The molecule has 0 heterocycles. The Bertz CT molecular complexity index is 792. The summed E-state index contributed by atoms with van der Waals surface area (Å²) in [4.78, 5) is 0. The molecule has 3 aromatic rings. The number of rotatable bonds is 7. The molecule has 134 valence electrons. The summed E-state index contributed by atoms with van der Waals surface area (Å²) in [6.45, 7) is 0.0823. The van der Waals surface area contributed by atoms with Gasteiger partial charge in [0.25, 0.3) is 0 Å². The van der Waals surface area contributed by atoms with Crippen LogP contribution in [-0.2, 0) is 10.3 Å². The molecule has 0 aliphatic heterocycles. The van der Waals surface area contributed by atoms with Crippen LogP contribution in [0.25, 0.3) is 0 Å². The smallest absolute Gasteiger partial charge is 0.188 e. The normalized spacial score (nSPS) is 11.2. The van der Waals surface area contributed by atoms with Crippen LogP contribution in [0.4, 0.5) is 0 Å². The Kier molecular flexibility index (Phi) is 5.56. The molecule has 0 radical (unpaired) electrons. The molecular weight excluding hydrogens is 328 g/mol. The summed E-state index contributed by atoms with van der Waals surface area (Å²) in [6, 6.07) is 24.4. The van der Waals surface area contributed by atoms with Crippen molar-refractivity contribution in [2.24, 2.45) is 0 Å². The quantitative estimate of drug-likeness (QED) is 0.517. The Balaban J connectivity index is 2.25. The minimum absolute atomic E-state index is 0.0823. The van der Waals surface area contributed by atoms with Gasteiger partial charge in [-0.2, -0.15) is 0 Å². The Labute approximate surface area is 153 Å². The summed E-state index contributed by atoms with van der Waals surface area (Å²) in [5.41, 5.74) is 0.662. The SMILES string of the molecule is COCOc1ccc(OC)cc1C(O)(c1ccccc1)c1ccccc1. The summed E-state index contributed by atoms with van der Waals surface area (Å²) in [6.07, 6.45) is 0. The standard InChI is InChI=1S/C22H22O4/c1-24-16-26-21-14-13-19(25-2)15-20(21)22(23,17-9-5-3-6-10-17)18-11-7-4-8-12-18/h3-15,23H,16H2,1-2H3. The molecule has 0 aromatic heterocycles. The van der Waals surface area contributed by atoms with Gasteiger partial charge in [0.2, 0.25) is 0 Å². The molecule has 4 nitrogen and oxygen atoms in total. The largest absolute Gasteiger partial charge is 0.497 e. The summed E-state index contributed by atoms with van der Waals surface area (Å²) < 4.78 is 16.2. The lowest BCUT2D eigenvalue weighted by Crippen LogP contribution is -2.29. The van der Waals surface area contributed by atoms with Gasteiger partial charge in [0, 0.05) is 12.7 Å². The van der Waals surface area contributed by atoms with Gasteiger partial charge >= 0.3 is 0 Å². The lowest BCUT2D eigenvalue weighted by Gasteiger charge is -2.31. The maximum absolute atomic E-state index is 11.9. The molecule has 3 aromatic carbocycles. The van der Waals surface area contributed by atoms with Crippen molar-refractivity contribution in [3.8, 4) is 11.5 Å². The van der Waals surface area contributed by atoms with E-state index >= 15 is 0 Å². The van der Waals surface area contributed by atoms with Crippen LogP contribution < -0.4 is 9.47 Å². The number of methoxy groups -OCH3 is 2. The highest BCUT2D eigenvalue weighted by Crippen LogP contribution is 2.42. The van der Waals surface area contributed by atoms with Gasteiger partial charge in [-0.05, 0) is 29.3 Å². The van der Waals surface area contributed by atoms with E-state index in [1.165, 1.54) is 0 Å². The summed E-state index contributed by atoms with van der Waals surface area (Å²) in [5.74, 6) is 1.16. The van der Waals surface area contributed by atoms with E-state index in [0.29, 0.717) is 17.1 Å². The molecule has 0 aliphatic rings. The van der Waals surface area contributed by atoms with Crippen LogP contribution in [0.3, 0.4) is 0 Å². The Morgan fingerprint density at radius 1 is 0.808 bits per heavy atom. The molecule has 0 saturated heterocycles. The molecule has 4 heteroatoms. The van der Waals surface area contributed by atoms with E-state index in [-0.39, 0.29) is 6.79 Å². The average molecular weight is 350 g/mol. The van der Waals surface area contributed by atoms with Crippen LogP contribution in [0.5, 0.6) is 11.5 Å². The Hall–Kier alpha value is -2.82. The predicted octanol–water partition coefficient (Wildman–Crippen LogP) is 3.96. The molecule has 0 amide bonds. The van der Waals surface area contributed by atoms with E-state index in [4.69, 9.17) is 14.2 Å². The molecule has 0 aliphatic carbocycles. The third-order valence-corrected chi connectivity index (χ3v) is 4.29. The lowest BCUT2D eigenvalue weighted by atomic mass is 9.80. The third kappa shape index (κ3) is 3.43. The molecule has 0 atom stereocenters. The van der Waals surface area contributed by atoms with Gasteiger partial charge in [-0.1, -0.05) is 60.7 Å². The Morgan fingerprint density at radius 3 is 1.88 bits per heavy atom. The highest BCUT2D eigenvalue weighted by Gasteiger charge is 2.36. The van der Waals surface area contributed by atoms with Gasteiger partial charge in [-0.15, -0.1) is 0 Å². The molecule has 1 N–H and O–H groups in total. The Morgan fingerprint density at radius 2 is 1.38 bits per heavy atom. The number of hydrogen-bond donors (Lipinski definition) is 1. The van der Waals surface area contributed by atoms with Crippen molar-refractivity contribution in [1.29, 1.82) is 0 Å². The van der Waals surface area contributed by atoms with Crippen LogP contribution in [-0.4, -0.2) is 26.1 Å². The van der Waals surface area contributed by atoms with Crippen molar-refractivity contribution in [2.75, 3.05) is 21.0 Å². The maximum atomic E-state index is 11.9. The summed E-state index contributed by atoms with van der Waals surface area (Å²) >= 11 is 0. The second-order valence-electron chi connectivity index (χ2n) is 5.86. The number of ether oxygens (including phenoxy) is 3. The first-order valence-corrected chi connectivity index (χ1v) is 8.34. The molecule has 0 saturated carbocycles. The van der Waals surface area contributed by atoms with Crippen LogP contribution in [0, 0.1) is 0 Å². The zero-order valence-electron chi connectivity index (χ0n) is 14.9. The highest BCUT2D eigenvalue weighted by atomic mass is 16.7. The minimum atomic E-state index is -1.40. The first-order valence-electron chi connectivity index (χ1n) is 8.34. The van der Waals surface area contributed by atoms with E-state index in [9.17, 15) is 5.11 Å². The van der Waals surface area contributed by atoms with E-state index in [0.717, 1.165) is 11.1 Å². The molecule has 0 fully saturated rings. The van der Waals surface area contributed by atoms with Crippen LogP contribution in [0.2, 0.25) is 0 Å². The van der Waals surface area contributed by atoms with Crippen LogP contribution in [0.15, 0.2) is 78.9 Å². The second-order valence-corrected chi connectivity index (χ2v) is 5.86. The van der Waals surface area contributed by atoms with Crippen molar-refractivity contribution in [2.45, 2.75) is 5.60 Å². The van der Waals surface area contributed by atoms with Crippen LogP contribution in [0.1, 0.15) is 16.7 Å². The molecule has 26 heavy (non-hydrogen) atoms. The van der Waals surface area contributed by atoms with Gasteiger partial charge in [0.1, 0.15) is 17.1 Å². The fraction of sp³-hybridized carbons (Fsp3) is 0.182. The molecular formula is C22H22O4. The lowest BCUT2D eigenvalue weighted by molar-refractivity contribution is 0.0454. The number of aliphatic hydroxyl groups is 1. The van der Waals surface area contributed by atoms with Crippen molar-refractivity contribution in [3.05, 3.63) is 95.6 Å². The first kappa shape index (κ1) is 18.0. The first-order chi connectivity index (χ1) is 12.7. The van der Waals surface area contributed by atoms with Gasteiger partial charge in [-0.3, -0.25) is 0 Å². The average Bonchev–Trinajstić information content (AvgIpc) is 2.72. The van der Waals surface area contributed by atoms with Crippen molar-refractivity contribution >= 4 is 0 Å². The maximum Gasteiger partial charge on any atom is 0.188 e. The van der Waals surface area contributed by atoms with Gasteiger partial charge in [-0.25, -0.2) is 0 Å². The monoisotopic (exact) mass is 350 g/mol. The van der Waals surface area contributed by atoms with E-state index in [2.05, 4.69) is 0 Å². The van der Waals surface area contributed by atoms with Gasteiger partial charge in [0.15, 0.2) is 6.79 Å². The van der Waals surface area contributed by atoms with Gasteiger partial charge < -0.3 is 19.3 Å². The van der Waals surface area contributed by atoms with Gasteiger partial charge in [0.05, 0.1) is 7.11 Å². The molecule has 0 bridgehead atoms. The predicted molar refractivity (Wildman–Crippen MR) is 100 cm³/mol. The fourth-order valence-electron chi connectivity index (χ4n) is 3.00. The topological polar surface area (TPSA) is 47.9 Å². The zero-order chi connectivity index (χ0) is 18.4. The molecule has 0 spiro atoms.